The van der Waals surface area contributed by atoms with Crippen molar-refractivity contribution in [2.45, 2.75) is 6.92 Å². The lowest BCUT2D eigenvalue weighted by Crippen LogP contribution is -1.89. The van der Waals surface area contributed by atoms with Crippen LogP contribution >= 0.6 is 11.6 Å². The highest BCUT2D eigenvalue weighted by molar-refractivity contribution is 6.32. The van der Waals surface area contributed by atoms with E-state index in [0.717, 1.165) is 11.3 Å². The number of halogens is 1. The van der Waals surface area contributed by atoms with E-state index in [9.17, 15) is 0 Å². The first kappa shape index (κ1) is 13.5. The van der Waals surface area contributed by atoms with Gasteiger partial charge in [-0.1, -0.05) is 17.7 Å². The van der Waals surface area contributed by atoms with E-state index in [-0.39, 0.29) is 0 Å². The van der Waals surface area contributed by atoms with Gasteiger partial charge in [0, 0.05) is 11.3 Å². The second kappa shape index (κ2) is 5.50. The molecule has 0 fully saturated rings. The summed E-state index contributed by atoms with van der Waals surface area (Å²) in [5, 5.41) is 0.465. The summed E-state index contributed by atoms with van der Waals surface area (Å²) >= 11 is 6.10. The Morgan fingerprint density at radius 3 is 2.76 bits per heavy atom. The van der Waals surface area contributed by atoms with Crippen molar-refractivity contribution in [3.8, 4) is 23.0 Å². The number of nitrogen functional groups attached to an aromatic ring is 1. The fourth-order valence-corrected chi connectivity index (χ4v) is 2.13. The number of ether oxygens (including phenoxy) is 1. The Hall–Kier alpha value is -2.46. The van der Waals surface area contributed by atoms with E-state index < -0.39 is 0 Å². The Kier molecular flexibility index (Phi) is 3.54. The van der Waals surface area contributed by atoms with E-state index in [1.807, 2.05) is 31.2 Å². The van der Waals surface area contributed by atoms with Gasteiger partial charge in [0.05, 0.1) is 10.7 Å². The minimum absolute atomic E-state index is 0.465. The summed E-state index contributed by atoms with van der Waals surface area (Å²) in [7, 11) is 0. The molecule has 106 valence electrons. The number of hydrogen-bond acceptors (Lipinski definition) is 4. The summed E-state index contributed by atoms with van der Waals surface area (Å²) < 4.78 is 11.2. The molecule has 0 aliphatic heterocycles. The molecule has 4 nitrogen and oxygen atoms in total. The first-order valence-electron chi connectivity index (χ1n) is 6.37. The zero-order valence-corrected chi connectivity index (χ0v) is 12.1. The number of nitrogens with two attached hydrogens (primary N) is 1. The molecule has 0 aliphatic rings. The second-order valence-corrected chi connectivity index (χ2v) is 5.02. The zero-order chi connectivity index (χ0) is 14.8. The standard InChI is InChI=1S/C16H13ClN2O2/c1-10-9-20-16(19-10)11-3-2-4-13(7-11)21-15-6-5-12(18)8-14(15)17/h2-9H,18H2,1H3. The Morgan fingerprint density at radius 2 is 2.05 bits per heavy atom. The van der Waals surface area contributed by atoms with Crippen LogP contribution in [0.2, 0.25) is 5.02 Å². The van der Waals surface area contributed by atoms with E-state index in [0.29, 0.717) is 28.1 Å². The number of aromatic nitrogens is 1. The molecular weight excluding hydrogens is 288 g/mol. The highest BCUT2D eigenvalue weighted by Crippen LogP contribution is 2.32. The van der Waals surface area contributed by atoms with Crippen molar-refractivity contribution in [3.05, 3.63) is 59.4 Å². The Bertz CT molecular complexity index is 783. The quantitative estimate of drug-likeness (QED) is 0.713. The van der Waals surface area contributed by atoms with Gasteiger partial charge < -0.3 is 14.9 Å². The number of benzene rings is 2. The van der Waals surface area contributed by atoms with Crippen LogP contribution in [0.15, 0.2) is 53.1 Å². The number of nitrogens with zero attached hydrogens (tertiary/aromatic N) is 1. The minimum atomic E-state index is 0.465. The van der Waals surface area contributed by atoms with Crippen molar-refractivity contribution in [2.24, 2.45) is 0 Å². The largest absolute Gasteiger partial charge is 0.456 e. The lowest BCUT2D eigenvalue weighted by atomic mass is 10.2. The maximum Gasteiger partial charge on any atom is 0.226 e. The third kappa shape index (κ3) is 3.01. The highest BCUT2D eigenvalue weighted by Gasteiger charge is 2.08. The Balaban J connectivity index is 1.89. The van der Waals surface area contributed by atoms with Gasteiger partial charge in [0.15, 0.2) is 0 Å². The van der Waals surface area contributed by atoms with Crippen molar-refractivity contribution in [2.75, 3.05) is 5.73 Å². The predicted octanol–water partition coefficient (Wildman–Crippen LogP) is 4.68. The SMILES string of the molecule is Cc1coc(-c2cccc(Oc3ccc(N)cc3Cl)c2)n1. The second-order valence-electron chi connectivity index (χ2n) is 4.61. The number of anilines is 1. The number of rotatable bonds is 3. The summed E-state index contributed by atoms with van der Waals surface area (Å²) in [5.74, 6) is 1.75. The number of aryl methyl sites for hydroxylation is 1. The molecule has 0 radical (unpaired) electrons. The van der Waals surface area contributed by atoms with Crippen LogP contribution < -0.4 is 10.5 Å². The summed E-state index contributed by atoms with van der Waals surface area (Å²) in [4.78, 5) is 4.29. The third-order valence-corrected chi connectivity index (χ3v) is 3.18. The molecule has 0 saturated heterocycles. The summed E-state index contributed by atoms with van der Waals surface area (Å²) in [6, 6.07) is 12.6. The molecule has 2 N–H and O–H groups in total. The van der Waals surface area contributed by atoms with Gasteiger partial charge in [-0.2, -0.15) is 0 Å². The first-order chi connectivity index (χ1) is 10.1. The summed E-state index contributed by atoms with van der Waals surface area (Å²) in [6.45, 7) is 1.88. The molecule has 3 rings (SSSR count). The summed E-state index contributed by atoms with van der Waals surface area (Å²) in [6.07, 6.45) is 1.61. The van der Waals surface area contributed by atoms with Crippen molar-refractivity contribution >= 4 is 17.3 Å². The van der Waals surface area contributed by atoms with Gasteiger partial charge in [0.25, 0.3) is 0 Å². The van der Waals surface area contributed by atoms with Crippen molar-refractivity contribution in [1.82, 2.24) is 4.98 Å². The van der Waals surface area contributed by atoms with E-state index in [1.54, 1.807) is 24.5 Å². The van der Waals surface area contributed by atoms with Crippen molar-refractivity contribution in [1.29, 1.82) is 0 Å². The first-order valence-corrected chi connectivity index (χ1v) is 6.75. The fourth-order valence-electron chi connectivity index (χ4n) is 1.91. The molecule has 2 aromatic carbocycles. The molecule has 0 bridgehead atoms. The monoisotopic (exact) mass is 300 g/mol. The van der Waals surface area contributed by atoms with Gasteiger partial charge in [-0.05, 0) is 43.3 Å². The van der Waals surface area contributed by atoms with Crippen LogP contribution in [-0.2, 0) is 0 Å². The molecule has 3 aromatic rings. The third-order valence-electron chi connectivity index (χ3n) is 2.88. The van der Waals surface area contributed by atoms with Crippen LogP contribution in [0.25, 0.3) is 11.5 Å². The van der Waals surface area contributed by atoms with Crippen LogP contribution in [0, 0.1) is 6.92 Å². The van der Waals surface area contributed by atoms with E-state index in [2.05, 4.69) is 4.98 Å². The molecule has 21 heavy (non-hydrogen) atoms. The van der Waals surface area contributed by atoms with Gasteiger partial charge >= 0.3 is 0 Å². The fraction of sp³-hybridized carbons (Fsp3) is 0.0625. The van der Waals surface area contributed by atoms with Gasteiger partial charge in [-0.25, -0.2) is 4.98 Å². The highest BCUT2D eigenvalue weighted by atomic mass is 35.5. The summed E-state index contributed by atoms with van der Waals surface area (Å²) in [5.41, 5.74) is 7.93. The van der Waals surface area contributed by atoms with Gasteiger partial charge in [0.2, 0.25) is 5.89 Å². The molecule has 0 spiro atoms. The molecular formula is C16H13ClN2O2. The van der Waals surface area contributed by atoms with E-state index in [1.165, 1.54) is 0 Å². The maximum atomic E-state index is 6.10. The lowest BCUT2D eigenvalue weighted by molar-refractivity contribution is 0.482. The Morgan fingerprint density at radius 1 is 1.19 bits per heavy atom. The molecule has 0 saturated carbocycles. The van der Waals surface area contributed by atoms with Crippen molar-refractivity contribution in [3.63, 3.8) is 0 Å². The molecule has 0 unspecified atom stereocenters. The van der Waals surface area contributed by atoms with E-state index >= 15 is 0 Å². The minimum Gasteiger partial charge on any atom is -0.456 e. The van der Waals surface area contributed by atoms with Crippen LogP contribution in [0.1, 0.15) is 5.69 Å². The molecule has 1 aromatic heterocycles. The average Bonchev–Trinajstić information content (AvgIpc) is 2.89. The maximum absolute atomic E-state index is 6.10. The van der Waals surface area contributed by atoms with Crippen LogP contribution in [0.5, 0.6) is 11.5 Å². The van der Waals surface area contributed by atoms with Crippen LogP contribution in [0.4, 0.5) is 5.69 Å². The van der Waals surface area contributed by atoms with Gasteiger partial charge in [0.1, 0.15) is 17.8 Å². The normalized spacial score (nSPS) is 10.6. The topological polar surface area (TPSA) is 61.3 Å². The number of hydrogen-bond donors (Lipinski definition) is 1. The molecule has 1 heterocycles. The molecule has 0 aliphatic carbocycles. The predicted molar refractivity (Wildman–Crippen MR) is 82.6 cm³/mol. The lowest BCUT2D eigenvalue weighted by Gasteiger charge is -2.08. The zero-order valence-electron chi connectivity index (χ0n) is 11.3. The van der Waals surface area contributed by atoms with E-state index in [4.69, 9.17) is 26.5 Å². The van der Waals surface area contributed by atoms with Crippen molar-refractivity contribution < 1.29 is 9.15 Å². The Labute approximate surface area is 127 Å². The molecule has 0 atom stereocenters. The molecule has 5 heteroatoms. The number of oxazole rings is 1. The van der Waals surface area contributed by atoms with Gasteiger partial charge in [-0.15, -0.1) is 0 Å². The average molecular weight is 301 g/mol. The molecule has 0 amide bonds. The smallest absolute Gasteiger partial charge is 0.226 e. The van der Waals surface area contributed by atoms with Crippen LogP contribution in [-0.4, -0.2) is 4.98 Å². The van der Waals surface area contributed by atoms with Gasteiger partial charge in [-0.3, -0.25) is 0 Å². The van der Waals surface area contributed by atoms with Crippen LogP contribution in [0.3, 0.4) is 0 Å².